The Kier molecular flexibility index (Phi) is 8.32. The number of amides is 3. The van der Waals surface area contributed by atoms with Crippen molar-refractivity contribution in [1.82, 2.24) is 9.88 Å². The Labute approximate surface area is 248 Å². The summed E-state index contributed by atoms with van der Waals surface area (Å²) in [5, 5.41) is 6.33. The maximum absolute atomic E-state index is 13.8. The van der Waals surface area contributed by atoms with Gasteiger partial charge in [-0.25, -0.2) is 9.78 Å². The zero-order valence-electron chi connectivity index (χ0n) is 22.5. The lowest BCUT2D eigenvalue weighted by Gasteiger charge is -2.35. The predicted molar refractivity (Wildman–Crippen MR) is 164 cm³/mol. The van der Waals surface area contributed by atoms with Crippen LogP contribution in [0.5, 0.6) is 0 Å². The molecule has 3 heterocycles. The van der Waals surface area contributed by atoms with Gasteiger partial charge >= 0.3 is 6.03 Å². The second-order valence-corrected chi connectivity index (χ2v) is 12.0. The largest absolute Gasteiger partial charge is 0.381 e. The first kappa shape index (κ1) is 27.4. The molecule has 2 N–H and O–H groups in total. The van der Waals surface area contributed by atoms with Crippen molar-refractivity contribution in [3.05, 3.63) is 99.9 Å². The van der Waals surface area contributed by atoms with E-state index in [0.717, 1.165) is 36.1 Å². The normalized spacial score (nSPS) is 15.0. The third-order valence-corrected chi connectivity index (χ3v) is 8.93. The number of carbonyl (C=O) groups excluding carboxylic acids is 2. The van der Waals surface area contributed by atoms with Gasteiger partial charge in [0.2, 0.25) is 5.91 Å². The summed E-state index contributed by atoms with van der Waals surface area (Å²) in [5.41, 5.74) is 5.60. The average Bonchev–Trinajstić information content (AvgIpc) is 3.56. The minimum absolute atomic E-state index is 0.0237. The van der Waals surface area contributed by atoms with Crippen molar-refractivity contribution in [2.24, 2.45) is 0 Å². The highest BCUT2D eigenvalue weighted by atomic mass is 35.5. The molecule has 1 fully saturated rings. The molecule has 4 aromatic rings. The summed E-state index contributed by atoms with van der Waals surface area (Å²) < 4.78 is 6.10. The summed E-state index contributed by atoms with van der Waals surface area (Å²) in [6.07, 6.45) is 2.70. The second-order valence-electron chi connectivity index (χ2n) is 10.4. The van der Waals surface area contributed by atoms with E-state index in [1.807, 2.05) is 35.2 Å². The van der Waals surface area contributed by atoms with Gasteiger partial charge in [0.1, 0.15) is 10.0 Å². The van der Waals surface area contributed by atoms with Gasteiger partial charge in [-0.15, -0.1) is 0 Å². The Morgan fingerprint density at radius 1 is 1.05 bits per heavy atom. The Balaban J connectivity index is 1.21. The van der Waals surface area contributed by atoms with Crippen LogP contribution < -0.4 is 10.6 Å². The molecule has 3 aromatic carbocycles. The molecule has 0 saturated carbocycles. The maximum Gasteiger partial charge on any atom is 0.323 e. The Hall–Kier alpha value is -3.72. The number of halogens is 1. The summed E-state index contributed by atoms with van der Waals surface area (Å²) in [6, 6.07) is 26.5. The molecule has 6 rings (SSSR count). The minimum Gasteiger partial charge on any atom is -0.381 e. The van der Waals surface area contributed by atoms with Crippen LogP contribution in [0.2, 0.25) is 4.34 Å². The van der Waals surface area contributed by atoms with Crippen LogP contribution in [0.1, 0.15) is 41.9 Å². The van der Waals surface area contributed by atoms with Gasteiger partial charge in [-0.1, -0.05) is 89.7 Å². The molecule has 0 radical (unpaired) electrons. The Morgan fingerprint density at radius 3 is 2.41 bits per heavy atom. The maximum atomic E-state index is 13.8. The highest BCUT2D eigenvalue weighted by molar-refractivity contribution is 7.20. The first-order chi connectivity index (χ1) is 20.0. The number of nitrogens with one attached hydrogen (secondary N) is 2. The fourth-order valence-corrected chi connectivity index (χ4v) is 6.76. The van der Waals surface area contributed by atoms with E-state index in [1.165, 1.54) is 22.5 Å². The molecule has 7 nitrogen and oxygen atoms in total. The number of urea groups is 1. The van der Waals surface area contributed by atoms with Gasteiger partial charge in [-0.3, -0.25) is 10.1 Å². The molecule has 41 heavy (non-hydrogen) atoms. The molecule has 9 heteroatoms. The lowest BCUT2D eigenvalue weighted by Crippen LogP contribution is -2.46. The van der Waals surface area contributed by atoms with E-state index in [0.29, 0.717) is 41.3 Å². The van der Waals surface area contributed by atoms with E-state index in [1.54, 1.807) is 0 Å². The third-order valence-electron chi connectivity index (χ3n) is 7.76. The van der Waals surface area contributed by atoms with Crippen molar-refractivity contribution in [3.63, 3.8) is 0 Å². The SMILES string of the molecule is O=C1Cc2cc(-c3nc(NC(=O)N(CCC(c4ccccc4)c4ccccc4)C4CCOCC4)sc3Cl)ccc2N1. The number of carbonyl (C=O) groups is 2. The molecular weight excluding hydrogens is 556 g/mol. The summed E-state index contributed by atoms with van der Waals surface area (Å²) in [5.74, 6) is 0.138. The molecule has 2 aliphatic rings. The molecule has 3 amide bonds. The van der Waals surface area contributed by atoms with Gasteiger partial charge in [-0.2, -0.15) is 0 Å². The Morgan fingerprint density at radius 2 is 1.73 bits per heavy atom. The highest BCUT2D eigenvalue weighted by Gasteiger charge is 2.28. The predicted octanol–water partition coefficient (Wildman–Crippen LogP) is 7.19. The first-order valence-corrected chi connectivity index (χ1v) is 15.1. The van der Waals surface area contributed by atoms with Crippen LogP contribution >= 0.6 is 22.9 Å². The molecule has 1 saturated heterocycles. The van der Waals surface area contributed by atoms with E-state index < -0.39 is 0 Å². The molecule has 2 aliphatic heterocycles. The van der Waals surface area contributed by atoms with E-state index in [2.05, 4.69) is 64.1 Å². The number of thiazole rings is 1. The molecule has 210 valence electrons. The Bertz CT molecular complexity index is 1480. The lowest BCUT2D eigenvalue weighted by atomic mass is 9.88. The van der Waals surface area contributed by atoms with Crippen LogP contribution in [0.25, 0.3) is 11.3 Å². The van der Waals surface area contributed by atoms with Crippen molar-refractivity contribution < 1.29 is 14.3 Å². The highest BCUT2D eigenvalue weighted by Crippen LogP contribution is 2.38. The fourth-order valence-electron chi connectivity index (χ4n) is 5.68. The van der Waals surface area contributed by atoms with E-state index in [-0.39, 0.29) is 23.9 Å². The van der Waals surface area contributed by atoms with Crippen LogP contribution in [0.15, 0.2) is 78.9 Å². The lowest BCUT2D eigenvalue weighted by molar-refractivity contribution is -0.115. The van der Waals surface area contributed by atoms with Crippen LogP contribution in [0.4, 0.5) is 15.6 Å². The topological polar surface area (TPSA) is 83.6 Å². The van der Waals surface area contributed by atoms with Crippen molar-refractivity contribution >= 4 is 45.7 Å². The van der Waals surface area contributed by atoms with E-state index >= 15 is 0 Å². The molecule has 0 atom stereocenters. The quantitative estimate of drug-likeness (QED) is 0.229. The summed E-state index contributed by atoms with van der Waals surface area (Å²) in [7, 11) is 0. The van der Waals surface area contributed by atoms with E-state index in [4.69, 9.17) is 16.3 Å². The molecule has 1 aromatic heterocycles. The number of benzene rings is 3. The van der Waals surface area contributed by atoms with Crippen LogP contribution in [0.3, 0.4) is 0 Å². The van der Waals surface area contributed by atoms with Gasteiger partial charge < -0.3 is 15.0 Å². The monoisotopic (exact) mass is 586 g/mol. The number of fused-ring (bicyclic) bond motifs is 1. The first-order valence-electron chi connectivity index (χ1n) is 13.9. The molecule has 0 bridgehead atoms. The standard InChI is InChI=1S/C32H31ClN4O3S/c33-30-29(23-11-12-27-24(19-23)20-28(38)34-27)35-31(41-30)36-32(39)37(25-14-17-40-18-15-25)16-13-26(21-7-3-1-4-8-21)22-9-5-2-6-10-22/h1-12,19,25-26H,13-18,20H2,(H,34,38)(H,35,36,39). The number of ether oxygens (including phenoxy) is 1. The summed E-state index contributed by atoms with van der Waals surface area (Å²) >= 11 is 7.84. The second kappa shape index (κ2) is 12.4. The van der Waals surface area contributed by atoms with Crippen molar-refractivity contribution in [3.8, 4) is 11.3 Å². The smallest absolute Gasteiger partial charge is 0.323 e. The van der Waals surface area contributed by atoms with Gasteiger partial charge in [0.25, 0.3) is 0 Å². The van der Waals surface area contributed by atoms with Crippen LogP contribution in [0, 0.1) is 0 Å². The van der Waals surface area contributed by atoms with Crippen molar-refractivity contribution in [2.45, 2.75) is 37.6 Å². The fraction of sp³-hybridized carbons (Fsp3) is 0.281. The number of rotatable bonds is 8. The summed E-state index contributed by atoms with van der Waals surface area (Å²) in [6.45, 7) is 1.86. The van der Waals surface area contributed by atoms with Gasteiger partial charge in [0.15, 0.2) is 5.13 Å². The number of hydrogen-bond donors (Lipinski definition) is 2. The van der Waals surface area contributed by atoms with Crippen molar-refractivity contribution in [2.75, 3.05) is 30.4 Å². The number of anilines is 2. The zero-order valence-corrected chi connectivity index (χ0v) is 24.1. The number of hydrogen-bond acceptors (Lipinski definition) is 5. The van der Waals surface area contributed by atoms with Gasteiger partial charge in [0, 0.05) is 43.0 Å². The van der Waals surface area contributed by atoms with E-state index in [9.17, 15) is 9.59 Å². The average molecular weight is 587 g/mol. The summed E-state index contributed by atoms with van der Waals surface area (Å²) in [4.78, 5) is 32.2. The number of aromatic nitrogens is 1. The van der Waals surface area contributed by atoms with Crippen molar-refractivity contribution in [1.29, 1.82) is 0 Å². The van der Waals surface area contributed by atoms with Crippen LogP contribution in [-0.2, 0) is 16.0 Å². The third kappa shape index (κ3) is 6.30. The van der Waals surface area contributed by atoms with Gasteiger partial charge in [0.05, 0.1) is 6.42 Å². The molecule has 0 aliphatic carbocycles. The van der Waals surface area contributed by atoms with Gasteiger partial charge in [-0.05, 0) is 48.1 Å². The van der Waals surface area contributed by atoms with Crippen LogP contribution in [-0.4, -0.2) is 47.6 Å². The minimum atomic E-state index is -0.183. The number of nitrogens with zero attached hydrogens (tertiary/aromatic N) is 2. The molecule has 0 unspecified atom stereocenters. The molecule has 0 spiro atoms. The molecular formula is C32H31ClN4O3S. The zero-order chi connectivity index (χ0) is 28.2.